The summed E-state index contributed by atoms with van der Waals surface area (Å²) in [6, 6.07) is 13.2. The fourth-order valence-electron chi connectivity index (χ4n) is 9.31. The van der Waals surface area contributed by atoms with Crippen LogP contribution in [-0.4, -0.2) is 107 Å². The molecular weight excluding hydrogens is 950 g/mol. The number of nitrogens with zero attached hydrogens (tertiary/aromatic N) is 3. The van der Waals surface area contributed by atoms with E-state index in [-0.39, 0.29) is 36.6 Å². The molecule has 2 saturated heterocycles. The molecular formula is C64H98BN3O8. The Kier molecular flexibility index (Phi) is 21.4. The Morgan fingerprint density at radius 3 is 1.25 bits per heavy atom. The maximum Gasteiger partial charge on any atom is 0.490 e. The Balaban J connectivity index is 0.000000226. The van der Waals surface area contributed by atoms with Crippen LogP contribution < -0.4 is 0 Å². The molecule has 2 fully saturated rings. The number of piperidine rings is 1. The number of rotatable bonds is 3. The van der Waals surface area contributed by atoms with Crippen LogP contribution in [0.25, 0.3) is 5.57 Å². The third-order valence-corrected chi connectivity index (χ3v) is 15.7. The van der Waals surface area contributed by atoms with Gasteiger partial charge in [-0.05, 0) is 269 Å². The number of hydrogen-bond donors (Lipinski definition) is 0. The van der Waals surface area contributed by atoms with Gasteiger partial charge in [0.2, 0.25) is 0 Å². The lowest BCUT2D eigenvalue weighted by Crippen LogP contribution is -2.41. The molecule has 4 aliphatic rings. The largest absolute Gasteiger partial charge is 0.490 e. The number of ether oxygens (including phenoxy) is 3. The quantitative estimate of drug-likeness (QED) is 0.189. The summed E-state index contributed by atoms with van der Waals surface area (Å²) in [7, 11) is -0.314. The predicted molar refractivity (Wildman–Crippen MR) is 313 cm³/mol. The Hall–Kier alpha value is -5.07. The zero-order valence-electron chi connectivity index (χ0n) is 51.5. The van der Waals surface area contributed by atoms with Crippen molar-refractivity contribution < 1.29 is 37.9 Å². The molecule has 12 heteroatoms. The molecule has 0 aliphatic carbocycles. The molecule has 3 aromatic carbocycles. The second-order valence-electron chi connectivity index (χ2n) is 25.5. The average molecular weight is 1050 g/mol. The normalized spacial score (nSPS) is 17.7. The highest BCUT2D eigenvalue weighted by molar-refractivity contribution is 6.54. The van der Waals surface area contributed by atoms with Crippen molar-refractivity contribution in [2.75, 3.05) is 39.3 Å². The second kappa shape index (κ2) is 25.6. The van der Waals surface area contributed by atoms with Gasteiger partial charge in [0, 0.05) is 39.3 Å². The van der Waals surface area contributed by atoms with Crippen molar-refractivity contribution >= 4 is 31.0 Å². The van der Waals surface area contributed by atoms with E-state index in [2.05, 4.69) is 112 Å². The van der Waals surface area contributed by atoms with Gasteiger partial charge in [-0.25, -0.2) is 14.4 Å². The number of carbonyl (C=O) groups excluding carboxylic acids is 3. The molecule has 0 unspecified atom stereocenters. The molecule has 0 bridgehead atoms. The van der Waals surface area contributed by atoms with Crippen LogP contribution in [0.1, 0.15) is 188 Å². The van der Waals surface area contributed by atoms with Crippen molar-refractivity contribution in [3.63, 3.8) is 0 Å². The molecule has 420 valence electrons. The maximum absolute atomic E-state index is 12.1. The van der Waals surface area contributed by atoms with Gasteiger partial charge in [-0.3, -0.25) is 0 Å². The summed E-state index contributed by atoms with van der Waals surface area (Å²) < 4.78 is 28.4. The van der Waals surface area contributed by atoms with Crippen molar-refractivity contribution in [2.45, 2.75) is 219 Å². The van der Waals surface area contributed by atoms with Crippen molar-refractivity contribution in [3.8, 4) is 0 Å². The molecule has 3 aromatic rings. The molecule has 0 radical (unpaired) electrons. The minimum absolute atomic E-state index is 0.178. The van der Waals surface area contributed by atoms with Gasteiger partial charge in [-0.1, -0.05) is 48.6 Å². The molecule has 76 heavy (non-hydrogen) atoms. The summed E-state index contributed by atoms with van der Waals surface area (Å²) >= 11 is 0. The number of hydrogen-bond acceptors (Lipinski definition) is 8. The summed E-state index contributed by atoms with van der Waals surface area (Å²) in [5.74, 6) is 0.554. The van der Waals surface area contributed by atoms with Crippen LogP contribution in [0.2, 0.25) is 0 Å². The van der Waals surface area contributed by atoms with E-state index >= 15 is 0 Å². The first-order chi connectivity index (χ1) is 34.9. The minimum atomic E-state index is -0.465. The number of carbonyl (C=O) groups is 3. The van der Waals surface area contributed by atoms with E-state index in [9.17, 15) is 14.4 Å². The van der Waals surface area contributed by atoms with Gasteiger partial charge >= 0.3 is 25.4 Å². The van der Waals surface area contributed by atoms with Crippen LogP contribution >= 0.6 is 0 Å². The summed E-state index contributed by atoms with van der Waals surface area (Å²) in [6.45, 7) is 51.1. The molecule has 0 atom stereocenters. The number of amides is 3. The van der Waals surface area contributed by atoms with Crippen LogP contribution in [0.5, 0.6) is 0 Å². The highest BCUT2D eigenvalue weighted by Crippen LogP contribution is 2.40. The van der Waals surface area contributed by atoms with Gasteiger partial charge in [0.05, 0.1) is 11.2 Å². The van der Waals surface area contributed by atoms with Gasteiger partial charge < -0.3 is 38.2 Å². The van der Waals surface area contributed by atoms with Gasteiger partial charge in [-0.2, -0.15) is 0 Å². The van der Waals surface area contributed by atoms with Gasteiger partial charge in [0.1, 0.15) is 16.8 Å². The van der Waals surface area contributed by atoms with Crippen LogP contribution in [0, 0.1) is 69.2 Å². The van der Waals surface area contributed by atoms with E-state index in [1.54, 1.807) is 9.80 Å². The SMILES string of the molecule is CC(C)(C)OC(=O)N1CC=C(B2OC(C)(C)C(C)(C)O2)CC1.Cc1ccc(C)c(C)c1C.Cc1ccc(C2=CCN(C(=O)OC(C)(C)C)CC2)c(C)c1C.Cc1ccc(C2CCN(C(=O)OC(C)(C)C)CC2)c(C)c1C. The Bertz CT molecular complexity index is 2540. The van der Waals surface area contributed by atoms with Crippen LogP contribution in [0.3, 0.4) is 0 Å². The molecule has 0 N–H and O–H groups in total. The Labute approximate surface area is 460 Å². The summed E-state index contributed by atoms with van der Waals surface area (Å²) in [6.07, 6.45) is 7.17. The van der Waals surface area contributed by atoms with Crippen molar-refractivity contribution in [1.29, 1.82) is 0 Å². The number of benzene rings is 3. The first kappa shape index (κ1) is 63.5. The van der Waals surface area contributed by atoms with Crippen molar-refractivity contribution in [3.05, 3.63) is 121 Å². The smallest absolute Gasteiger partial charge is 0.444 e. The minimum Gasteiger partial charge on any atom is -0.444 e. The van der Waals surface area contributed by atoms with Gasteiger partial charge in [0.25, 0.3) is 0 Å². The molecule has 0 saturated carbocycles. The summed E-state index contributed by atoms with van der Waals surface area (Å²) in [5.41, 5.74) is 17.1. The number of aryl methyl sites for hydroxylation is 4. The first-order valence-corrected chi connectivity index (χ1v) is 27.8. The van der Waals surface area contributed by atoms with E-state index < -0.39 is 16.8 Å². The zero-order valence-corrected chi connectivity index (χ0v) is 51.5. The lowest BCUT2D eigenvalue weighted by atomic mass is 9.75. The second-order valence-corrected chi connectivity index (χ2v) is 25.5. The topological polar surface area (TPSA) is 107 Å². The Morgan fingerprint density at radius 1 is 0.487 bits per heavy atom. The van der Waals surface area contributed by atoms with Crippen molar-refractivity contribution in [1.82, 2.24) is 14.7 Å². The fraction of sp³-hybridized carbons (Fsp3) is 0.609. The lowest BCUT2D eigenvalue weighted by molar-refractivity contribution is 0.00578. The van der Waals surface area contributed by atoms with E-state index in [1.165, 1.54) is 72.3 Å². The van der Waals surface area contributed by atoms with Crippen molar-refractivity contribution in [2.24, 2.45) is 0 Å². The van der Waals surface area contributed by atoms with Crippen LogP contribution in [-0.2, 0) is 23.5 Å². The van der Waals surface area contributed by atoms with E-state index in [1.807, 2.05) is 101 Å². The standard InChI is InChI=1S/C19H29NO2.C19H27NO2.C16H28BNO4.C10H14/c2*1-13-7-8-17(15(3)14(13)2)16-9-11-20(12-10-16)18(21)22-19(4,5)6;1-14(2,3)20-13(19)18-10-8-12(9-11-18)17-21-15(4,5)16(6,7)22-17;1-7-5-6-8(2)10(4)9(7)3/h7-8,16H,9-12H2,1-6H3;7-9H,10-12H2,1-6H3;8H,9-11H2,1-7H3;5-6H,1-4H3. The van der Waals surface area contributed by atoms with Crippen LogP contribution in [0.15, 0.2) is 54.0 Å². The van der Waals surface area contributed by atoms with E-state index in [4.69, 9.17) is 23.5 Å². The third kappa shape index (κ3) is 17.7. The Morgan fingerprint density at radius 2 is 0.855 bits per heavy atom. The highest BCUT2D eigenvalue weighted by atomic mass is 16.7. The van der Waals surface area contributed by atoms with Gasteiger partial charge in [0.15, 0.2) is 0 Å². The van der Waals surface area contributed by atoms with Gasteiger partial charge in [-0.15, -0.1) is 0 Å². The maximum atomic E-state index is 12.1. The lowest BCUT2D eigenvalue weighted by Gasteiger charge is -2.34. The molecule has 3 amide bonds. The number of likely N-dealkylation sites (tertiary alicyclic amines) is 1. The van der Waals surface area contributed by atoms with Crippen LogP contribution in [0.4, 0.5) is 14.4 Å². The van der Waals surface area contributed by atoms with E-state index in [0.29, 0.717) is 32.1 Å². The fourth-order valence-corrected chi connectivity index (χ4v) is 9.31. The molecule has 7 rings (SSSR count). The molecule has 0 aromatic heterocycles. The molecule has 11 nitrogen and oxygen atoms in total. The predicted octanol–water partition coefficient (Wildman–Crippen LogP) is 15.5. The monoisotopic (exact) mass is 1050 g/mol. The zero-order chi connectivity index (χ0) is 57.5. The third-order valence-electron chi connectivity index (χ3n) is 15.7. The first-order valence-electron chi connectivity index (χ1n) is 27.8. The molecule has 4 aliphatic heterocycles. The highest BCUT2D eigenvalue weighted by Gasteiger charge is 2.52. The molecule has 0 spiro atoms. The van der Waals surface area contributed by atoms with E-state index in [0.717, 1.165) is 44.2 Å². The summed E-state index contributed by atoms with van der Waals surface area (Å²) in [4.78, 5) is 41.6. The average Bonchev–Trinajstić information content (AvgIpc) is 3.55. The summed E-state index contributed by atoms with van der Waals surface area (Å²) in [5, 5.41) is 0. The molecule has 4 heterocycles.